The number of anilines is 1. The number of alkyl halides is 2. The summed E-state index contributed by atoms with van der Waals surface area (Å²) in [4.78, 5) is 21.8. The van der Waals surface area contributed by atoms with Gasteiger partial charge < -0.3 is 20.4 Å². The fraction of sp³-hybridized carbons (Fsp3) is 0.381. The summed E-state index contributed by atoms with van der Waals surface area (Å²) in [5.74, 6) is 6.11. The van der Waals surface area contributed by atoms with Crippen LogP contribution in [0.15, 0.2) is 42.0 Å². The Labute approximate surface area is 179 Å². The molecule has 10 heteroatoms. The summed E-state index contributed by atoms with van der Waals surface area (Å²) in [5, 5.41) is 3.09. The molecule has 1 aliphatic heterocycles. The van der Waals surface area contributed by atoms with Crippen molar-refractivity contribution in [1.29, 1.82) is 0 Å². The Morgan fingerprint density at radius 2 is 2.10 bits per heavy atom. The van der Waals surface area contributed by atoms with E-state index < -0.39 is 6.43 Å². The third kappa shape index (κ3) is 5.66. The SMILES string of the molecule is CCC(=O)N1CCc2cc(OC/C(Nc3ccc(C(F)F)nc3)=C(\C)NN)ncc2C1. The molecule has 166 valence electrons. The molecule has 2 aromatic rings. The number of nitrogens with two attached hydrogens (primary N) is 1. The molecular formula is C21H26F2N6O2. The number of hydrazine groups is 1. The number of rotatable bonds is 8. The molecule has 0 saturated carbocycles. The molecule has 0 spiro atoms. The van der Waals surface area contributed by atoms with Crippen LogP contribution in [0.25, 0.3) is 0 Å². The molecule has 2 aromatic heterocycles. The highest BCUT2D eigenvalue weighted by atomic mass is 19.3. The van der Waals surface area contributed by atoms with Gasteiger partial charge in [0.25, 0.3) is 6.43 Å². The molecule has 31 heavy (non-hydrogen) atoms. The van der Waals surface area contributed by atoms with Gasteiger partial charge in [0.15, 0.2) is 0 Å². The van der Waals surface area contributed by atoms with Crippen molar-refractivity contribution in [2.75, 3.05) is 18.5 Å². The average Bonchev–Trinajstić information content (AvgIpc) is 2.80. The second-order valence-electron chi connectivity index (χ2n) is 7.14. The number of carbonyl (C=O) groups is 1. The smallest absolute Gasteiger partial charge is 0.280 e. The Hall–Kier alpha value is -3.27. The lowest BCUT2D eigenvalue weighted by Gasteiger charge is -2.28. The first-order valence-corrected chi connectivity index (χ1v) is 9.97. The number of allylic oxidation sites excluding steroid dienone is 1. The summed E-state index contributed by atoms with van der Waals surface area (Å²) in [7, 11) is 0. The highest BCUT2D eigenvalue weighted by Crippen LogP contribution is 2.23. The van der Waals surface area contributed by atoms with Crippen LogP contribution in [0.1, 0.15) is 43.5 Å². The molecule has 0 aromatic carbocycles. The van der Waals surface area contributed by atoms with Gasteiger partial charge in [0.2, 0.25) is 11.8 Å². The van der Waals surface area contributed by atoms with Crippen LogP contribution in [0, 0.1) is 0 Å². The average molecular weight is 432 g/mol. The van der Waals surface area contributed by atoms with Crippen molar-refractivity contribution in [3.8, 4) is 5.88 Å². The predicted molar refractivity (Wildman–Crippen MR) is 112 cm³/mol. The highest BCUT2D eigenvalue weighted by molar-refractivity contribution is 5.76. The zero-order chi connectivity index (χ0) is 22.4. The Morgan fingerprint density at radius 3 is 2.74 bits per heavy atom. The molecule has 0 unspecified atom stereocenters. The number of halogens is 2. The monoisotopic (exact) mass is 432 g/mol. The normalized spacial score (nSPS) is 14.1. The summed E-state index contributed by atoms with van der Waals surface area (Å²) >= 11 is 0. The number of aromatic nitrogens is 2. The number of pyridine rings is 2. The number of amides is 1. The second-order valence-corrected chi connectivity index (χ2v) is 7.14. The molecule has 0 atom stereocenters. The first kappa shape index (κ1) is 22.4. The van der Waals surface area contributed by atoms with Crippen LogP contribution in [0.5, 0.6) is 5.88 Å². The Morgan fingerprint density at radius 1 is 1.29 bits per heavy atom. The van der Waals surface area contributed by atoms with Crippen LogP contribution >= 0.6 is 0 Å². The number of carbonyl (C=O) groups excluding carboxylic acids is 1. The van der Waals surface area contributed by atoms with Crippen LogP contribution in [0.3, 0.4) is 0 Å². The van der Waals surface area contributed by atoms with Crippen molar-refractivity contribution in [3.05, 3.63) is 58.8 Å². The van der Waals surface area contributed by atoms with Gasteiger partial charge in [0, 0.05) is 37.5 Å². The van der Waals surface area contributed by atoms with Crippen molar-refractivity contribution in [2.45, 2.75) is 39.7 Å². The van der Waals surface area contributed by atoms with E-state index in [1.54, 1.807) is 13.1 Å². The Balaban J connectivity index is 1.67. The van der Waals surface area contributed by atoms with Gasteiger partial charge in [-0.05, 0) is 36.6 Å². The number of hydrogen-bond acceptors (Lipinski definition) is 7. The molecule has 8 nitrogen and oxygen atoms in total. The topological polar surface area (TPSA) is 105 Å². The van der Waals surface area contributed by atoms with E-state index in [0.717, 1.165) is 17.5 Å². The van der Waals surface area contributed by atoms with Gasteiger partial charge >= 0.3 is 0 Å². The molecule has 0 saturated heterocycles. The number of hydrogen-bond donors (Lipinski definition) is 3. The minimum absolute atomic E-state index is 0.124. The van der Waals surface area contributed by atoms with Gasteiger partial charge in [0.05, 0.1) is 17.6 Å². The molecule has 0 bridgehead atoms. The lowest BCUT2D eigenvalue weighted by molar-refractivity contribution is -0.131. The van der Waals surface area contributed by atoms with E-state index in [-0.39, 0.29) is 18.2 Å². The van der Waals surface area contributed by atoms with E-state index in [1.807, 2.05) is 17.9 Å². The molecular weight excluding hydrogens is 406 g/mol. The minimum atomic E-state index is -2.62. The predicted octanol–water partition coefficient (Wildman–Crippen LogP) is 2.89. The molecule has 0 aliphatic carbocycles. The first-order valence-electron chi connectivity index (χ1n) is 9.97. The summed E-state index contributed by atoms with van der Waals surface area (Å²) in [6, 6.07) is 4.65. The van der Waals surface area contributed by atoms with E-state index in [1.165, 1.54) is 18.3 Å². The Bertz CT molecular complexity index is 949. The fourth-order valence-electron chi connectivity index (χ4n) is 3.19. The lowest BCUT2D eigenvalue weighted by Crippen LogP contribution is -2.35. The third-order valence-electron chi connectivity index (χ3n) is 5.06. The van der Waals surface area contributed by atoms with Gasteiger partial charge in [-0.2, -0.15) is 0 Å². The van der Waals surface area contributed by atoms with Gasteiger partial charge in [-0.15, -0.1) is 0 Å². The largest absolute Gasteiger partial charge is 0.471 e. The maximum absolute atomic E-state index is 12.7. The maximum atomic E-state index is 12.7. The molecule has 4 N–H and O–H groups in total. The van der Waals surface area contributed by atoms with Gasteiger partial charge in [-0.1, -0.05) is 6.92 Å². The summed E-state index contributed by atoms with van der Waals surface area (Å²) < 4.78 is 31.2. The van der Waals surface area contributed by atoms with Crippen molar-refractivity contribution in [3.63, 3.8) is 0 Å². The van der Waals surface area contributed by atoms with Crippen molar-refractivity contribution in [2.24, 2.45) is 5.84 Å². The fourth-order valence-corrected chi connectivity index (χ4v) is 3.19. The summed E-state index contributed by atoms with van der Waals surface area (Å²) in [6.45, 7) is 4.96. The van der Waals surface area contributed by atoms with Gasteiger partial charge in [-0.25, -0.2) is 13.8 Å². The van der Waals surface area contributed by atoms with E-state index in [2.05, 4.69) is 20.7 Å². The van der Waals surface area contributed by atoms with Crippen LogP contribution in [0.2, 0.25) is 0 Å². The van der Waals surface area contributed by atoms with Crippen LogP contribution in [-0.2, 0) is 17.8 Å². The minimum Gasteiger partial charge on any atom is -0.471 e. The zero-order valence-electron chi connectivity index (χ0n) is 17.5. The molecule has 3 heterocycles. The number of nitrogens with zero attached hydrogens (tertiary/aromatic N) is 3. The summed E-state index contributed by atoms with van der Waals surface area (Å²) in [5.41, 5.74) is 6.13. The third-order valence-corrected chi connectivity index (χ3v) is 5.06. The number of fused-ring (bicyclic) bond motifs is 1. The van der Waals surface area contributed by atoms with E-state index in [0.29, 0.717) is 42.5 Å². The van der Waals surface area contributed by atoms with Crippen molar-refractivity contribution >= 4 is 11.6 Å². The van der Waals surface area contributed by atoms with E-state index in [9.17, 15) is 13.6 Å². The maximum Gasteiger partial charge on any atom is 0.280 e. The standard InChI is InChI=1S/C21H26F2N6O2/c1-3-20(30)29-7-6-14-8-19(26-9-15(14)11-29)31-12-18(13(2)28-24)27-16-4-5-17(21(22)23)25-10-16/h4-5,8-10,21,27-28H,3,6-7,11-12,24H2,1-2H3/b18-13-. The molecule has 1 amide bonds. The first-order chi connectivity index (χ1) is 14.9. The van der Waals surface area contributed by atoms with Crippen molar-refractivity contribution < 1.29 is 18.3 Å². The Kier molecular flexibility index (Phi) is 7.35. The van der Waals surface area contributed by atoms with Crippen LogP contribution in [-0.4, -0.2) is 33.9 Å². The number of nitrogens with one attached hydrogen (secondary N) is 2. The molecule has 1 aliphatic rings. The number of ether oxygens (including phenoxy) is 1. The zero-order valence-corrected chi connectivity index (χ0v) is 17.5. The van der Waals surface area contributed by atoms with Crippen LogP contribution < -0.4 is 21.3 Å². The van der Waals surface area contributed by atoms with Gasteiger partial charge in [-0.3, -0.25) is 15.6 Å². The van der Waals surface area contributed by atoms with Crippen molar-refractivity contribution in [1.82, 2.24) is 20.3 Å². The molecule has 0 fully saturated rings. The van der Waals surface area contributed by atoms with Crippen LogP contribution in [0.4, 0.5) is 14.5 Å². The lowest BCUT2D eigenvalue weighted by atomic mass is 10.0. The molecule has 0 radical (unpaired) electrons. The van der Waals surface area contributed by atoms with E-state index in [4.69, 9.17) is 10.6 Å². The highest BCUT2D eigenvalue weighted by Gasteiger charge is 2.20. The van der Waals surface area contributed by atoms with E-state index >= 15 is 0 Å². The van der Waals surface area contributed by atoms with Gasteiger partial charge in [0.1, 0.15) is 12.3 Å². The molecule has 3 rings (SSSR count). The summed E-state index contributed by atoms with van der Waals surface area (Å²) in [6.07, 6.45) is 1.67. The quantitative estimate of drug-likeness (QED) is 0.435. The second kappa shape index (κ2) is 10.2.